The van der Waals surface area contributed by atoms with Gasteiger partial charge in [0.25, 0.3) is 0 Å². The van der Waals surface area contributed by atoms with Crippen LogP contribution in [0.5, 0.6) is 0 Å². The fraction of sp³-hybridized carbons (Fsp3) is 0.875. The molecule has 4 aliphatic rings. The van der Waals surface area contributed by atoms with E-state index in [4.69, 9.17) is 4.74 Å². The summed E-state index contributed by atoms with van der Waals surface area (Å²) in [5, 5.41) is 21.9. The third kappa shape index (κ3) is 3.15. The molecule has 164 valence electrons. The molecule has 0 aliphatic heterocycles. The van der Waals surface area contributed by atoms with Crippen LogP contribution in [0.2, 0.25) is 0 Å². The Morgan fingerprint density at radius 3 is 2.66 bits per heavy atom. The summed E-state index contributed by atoms with van der Waals surface area (Å²) in [6.45, 7) is 7.21. The number of aliphatic hydroxyl groups is 2. The zero-order valence-electron chi connectivity index (χ0n) is 18.6. The maximum absolute atomic E-state index is 12.2. The Kier molecular flexibility index (Phi) is 5.30. The lowest BCUT2D eigenvalue weighted by Crippen LogP contribution is -2.58. The Labute approximate surface area is 175 Å². The summed E-state index contributed by atoms with van der Waals surface area (Å²) in [6, 6.07) is 0. The molecule has 0 aromatic carbocycles. The second kappa shape index (κ2) is 7.26. The van der Waals surface area contributed by atoms with Crippen LogP contribution in [0.25, 0.3) is 0 Å². The molecular formula is C24H39NO4. The topological polar surface area (TPSA) is 70.0 Å². The van der Waals surface area contributed by atoms with Gasteiger partial charge in [-0.05, 0) is 81.5 Å². The summed E-state index contributed by atoms with van der Waals surface area (Å²) in [6.07, 6.45) is 9.76. The van der Waals surface area contributed by atoms with Crippen molar-refractivity contribution in [1.29, 1.82) is 0 Å². The number of nitrogens with zero attached hydrogens (tertiary/aromatic N) is 1. The standard InChI is InChI=1S/C24H39NO4/c1-5-29-21(27)25(4)15-24(28)13-10-20-18-7-6-16-14-17(26)8-11-22(16,2)19(18)9-12-23(20,24)3/h6,17-20,26,28H,5,7-15H2,1-4H3/t17-,18+,19-,20-,22-,23-,24+/m0/s1. The number of ether oxygens (including phenoxy) is 1. The van der Waals surface area contributed by atoms with E-state index in [9.17, 15) is 15.0 Å². The SMILES string of the molecule is CCOC(=O)N(C)C[C@]1(O)CC[C@H]2[C@@H]3CC=C4C[C@@H](O)CC[C@]4(C)[C@H]3CC[C@@]21C. The number of rotatable bonds is 3. The van der Waals surface area contributed by atoms with E-state index in [-0.39, 0.29) is 23.0 Å². The van der Waals surface area contributed by atoms with Crippen molar-refractivity contribution in [2.75, 3.05) is 20.2 Å². The van der Waals surface area contributed by atoms with Crippen LogP contribution in [0.15, 0.2) is 11.6 Å². The number of carbonyl (C=O) groups is 1. The highest BCUT2D eigenvalue weighted by Crippen LogP contribution is 2.67. The highest BCUT2D eigenvalue weighted by atomic mass is 16.6. The van der Waals surface area contributed by atoms with E-state index < -0.39 is 5.60 Å². The lowest BCUT2D eigenvalue weighted by molar-refractivity contribution is -0.131. The quantitative estimate of drug-likeness (QED) is 0.693. The largest absolute Gasteiger partial charge is 0.450 e. The molecule has 5 nitrogen and oxygen atoms in total. The third-order valence-electron chi connectivity index (χ3n) is 9.48. The first kappa shape index (κ1) is 21.2. The van der Waals surface area contributed by atoms with E-state index in [1.807, 2.05) is 6.92 Å². The Morgan fingerprint density at radius 2 is 1.93 bits per heavy atom. The summed E-state index contributed by atoms with van der Waals surface area (Å²) in [5.41, 5.74) is 0.686. The molecule has 0 heterocycles. The summed E-state index contributed by atoms with van der Waals surface area (Å²) in [5.74, 6) is 1.74. The first-order chi connectivity index (χ1) is 13.6. The average Bonchev–Trinajstić information content (AvgIpc) is 2.93. The summed E-state index contributed by atoms with van der Waals surface area (Å²) in [7, 11) is 1.74. The molecule has 0 aromatic rings. The molecule has 0 aromatic heterocycles. The molecule has 0 unspecified atom stereocenters. The number of amides is 1. The normalized spacial score (nSPS) is 46.2. The molecule has 7 atom stereocenters. The highest BCUT2D eigenvalue weighted by molar-refractivity contribution is 5.67. The van der Waals surface area contributed by atoms with Crippen LogP contribution in [0.4, 0.5) is 4.79 Å². The van der Waals surface area contributed by atoms with E-state index in [1.165, 1.54) is 5.57 Å². The zero-order chi connectivity index (χ0) is 21.0. The molecule has 3 saturated carbocycles. The molecule has 2 N–H and O–H groups in total. The predicted molar refractivity (Wildman–Crippen MR) is 112 cm³/mol. The Morgan fingerprint density at radius 1 is 1.21 bits per heavy atom. The number of likely N-dealkylation sites (N-methyl/N-ethyl adjacent to an activating group) is 1. The van der Waals surface area contributed by atoms with Crippen molar-refractivity contribution in [3.63, 3.8) is 0 Å². The fourth-order valence-electron chi connectivity index (χ4n) is 7.70. The summed E-state index contributed by atoms with van der Waals surface area (Å²) in [4.78, 5) is 13.7. The Hall–Kier alpha value is -1.07. The van der Waals surface area contributed by atoms with Gasteiger partial charge < -0.3 is 19.8 Å². The molecule has 4 rings (SSSR count). The second-order valence-electron chi connectivity index (χ2n) is 10.7. The van der Waals surface area contributed by atoms with Crippen molar-refractivity contribution < 1.29 is 19.7 Å². The first-order valence-electron chi connectivity index (χ1n) is 11.6. The van der Waals surface area contributed by atoms with E-state index >= 15 is 0 Å². The predicted octanol–water partition coefficient (Wildman–Crippen LogP) is 4.13. The van der Waals surface area contributed by atoms with Crippen molar-refractivity contribution in [2.24, 2.45) is 28.6 Å². The zero-order valence-corrected chi connectivity index (χ0v) is 18.6. The molecule has 1 amide bonds. The molecule has 29 heavy (non-hydrogen) atoms. The number of aliphatic hydroxyl groups excluding tert-OH is 1. The first-order valence-corrected chi connectivity index (χ1v) is 11.6. The fourth-order valence-corrected chi connectivity index (χ4v) is 7.70. The maximum Gasteiger partial charge on any atom is 0.409 e. The Balaban J connectivity index is 1.56. The molecular weight excluding hydrogens is 366 g/mol. The van der Waals surface area contributed by atoms with Crippen molar-refractivity contribution in [2.45, 2.75) is 83.8 Å². The Bertz CT molecular complexity index is 692. The van der Waals surface area contributed by atoms with Gasteiger partial charge in [-0.25, -0.2) is 4.79 Å². The minimum Gasteiger partial charge on any atom is -0.450 e. The van der Waals surface area contributed by atoms with Gasteiger partial charge in [0.15, 0.2) is 0 Å². The van der Waals surface area contributed by atoms with Gasteiger partial charge in [-0.1, -0.05) is 25.5 Å². The lowest BCUT2D eigenvalue weighted by Gasteiger charge is -2.59. The number of fused-ring (bicyclic) bond motifs is 5. The van der Waals surface area contributed by atoms with Crippen LogP contribution in [-0.2, 0) is 4.74 Å². The minimum atomic E-state index is -0.849. The van der Waals surface area contributed by atoms with Crippen LogP contribution < -0.4 is 0 Å². The van der Waals surface area contributed by atoms with Crippen LogP contribution in [-0.4, -0.2) is 53.1 Å². The molecule has 3 fully saturated rings. The van der Waals surface area contributed by atoms with Crippen LogP contribution in [0.1, 0.15) is 72.1 Å². The van der Waals surface area contributed by atoms with Crippen molar-refractivity contribution >= 4 is 6.09 Å². The highest BCUT2D eigenvalue weighted by Gasteiger charge is 2.63. The van der Waals surface area contributed by atoms with Gasteiger partial charge in [-0.15, -0.1) is 0 Å². The number of hydrogen-bond donors (Lipinski definition) is 2. The van der Waals surface area contributed by atoms with Gasteiger partial charge in [-0.2, -0.15) is 0 Å². The minimum absolute atomic E-state index is 0.162. The van der Waals surface area contributed by atoms with E-state index in [1.54, 1.807) is 11.9 Å². The van der Waals surface area contributed by atoms with E-state index in [0.29, 0.717) is 30.9 Å². The van der Waals surface area contributed by atoms with Crippen LogP contribution >= 0.6 is 0 Å². The van der Waals surface area contributed by atoms with Crippen LogP contribution in [0, 0.1) is 28.6 Å². The molecule has 4 aliphatic carbocycles. The van der Waals surface area contributed by atoms with Gasteiger partial charge in [0.05, 0.1) is 24.9 Å². The molecule has 0 bridgehead atoms. The molecule has 5 heteroatoms. The average molecular weight is 406 g/mol. The van der Waals surface area contributed by atoms with E-state index in [2.05, 4.69) is 19.9 Å². The van der Waals surface area contributed by atoms with E-state index in [0.717, 1.165) is 51.4 Å². The summed E-state index contributed by atoms with van der Waals surface area (Å²) >= 11 is 0. The van der Waals surface area contributed by atoms with Gasteiger partial charge in [0.2, 0.25) is 0 Å². The van der Waals surface area contributed by atoms with Crippen molar-refractivity contribution in [3.05, 3.63) is 11.6 Å². The summed E-state index contributed by atoms with van der Waals surface area (Å²) < 4.78 is 5.14. The number of allylic oxidation sites excluding steroid dienone is 1. The second-order valence-corrected chi connectivity index (χ2v) is 10.7. The van der Waals surface area contributed by atoms with Gasteiger partial charge in [0.1, 0.15) is 0 Å². The maximum atomic E-state index is 12.2. The van der Waals surface area contributed by atoms with Gasteiger partial charge in [0, 0.05) is 12.5 Å². The lowest BCUT2D eigenvalue weighted by atomic mass is 9.47. The van der Waals surface area contributed by atoms with Crippen molar-refractivity contribution in [3.8, 4) is 0 Å². The van der Waals surface area contributed by atoms with Crippen LogP contribution in [0.3, 0.4) is 0 Å². The monoisotopic (exact) mass is 405 g/mol. The molecule has 0 saturated heterocycles. The smallest absolute Gasteiger partial charge is 0.409 e. The van der Waals surface area contributed by atoms with Gasteiger partial charge in [-0.3, -0.25) is 0 Å². The van der Waals surface area contributed by atoms with Gasteiger partial charge >= 0.3 is 6.09 Å². The molecule has 0 spiro atoms. The number of hydrogen-bond acceptors (Lipinski definition) is 4. The third-order valence-corrected chi connectivity index (χ3v) is 9.48. The molecule has 0 radical (unpaired) electrons. The number of carbonyl (C=O) groups excluding carboxylic acids is 1. The van der Waals surface area contributed by atoms with Crippen molar-refractivity contribution in [1.82, 2.24) is 4.90 Å².